The van der Waals surface area contributed by atoms with E-state index in [1.165, 1.54) is 12.1 Å². The normalized spacial score (nSPS) is 12.4. The number of amides is 3. The summed E-state index contributed by atoms with van der Waals surface area (Å²) in [4.78, 5) is 53.3. The number of fused-ring (bicyclic) bond motifs is 1. The molecule has 0 saturated heterocycles. The smallest absolute Gasteiger partial charge is 0.262 e. The van der Waals surface area contributed by atoms with Crippen molar-refractivity contribution in [2.75, 3.05) is 5.73 Å². The summed E-state index contributed by atoms with van der Waals surface area (Å²) in [7, 11) is 0. The van der Waals surface area contributed by atoms with Crippen molar-refractivity contribution < 1.29 is 14.4 Å². The Morgan fingerprint density at radius 2 is 1.90 bits per heavy atom. The first kappa shape index (κ1) is 18.1. The lowest BCUT2D eigenvalue weighted by Crippen LogP contribution is -2.28. The van der Waals surface area contributed by atoms with Crippen LogP contribution in [0.2, 0.25) is 0 Å². The highest BCUT2D eigenvalue weighted by atomic mass is 16.2. The number of hydrogen-bond donors (Lipinski definition) is 3. The monoisotopic (exact) mass is 389 g/mol. The van der Waals surface area contributed by atoms with Gasteiger partial charge in [-0.2, -0.15) is 0 Å². The second-order valence-electron chi connectivity index (χ2n) is 6.34. The molecule has 2 aromatic heterocycles. The first-order chi connectivity index (χ1) is 14.0. The van der Waals surface area contributed by atoms with E-state index in [9.17, 15) is 19.2 Å². The van der Waals surface area contributed by atoms with Crippen LogP contribution in [0.4, 0.5) is 5.82 Å². The van der Waals surface area contributed by atoms with Crippen LogP contribution in [-0.4, -0.2) is 27.3 Å². The number of rotatable bonds is 4. The Labute approximate surface area is 164 Å². The average Bonchev–Trinajstić information content (AvgIpc) is 3.00. The molecule has 29 heavy (non-hydrogen) atoms. The number of nitrogen functional groups attached to an aromatic ring is 1. The van der Waals surface area contributed by atoms with Crippen molar-refractivity contribution in [1.29, 1.82) is 0 Å². The summed E-state index contributed by atoms with van der Waals surface area (Å²) in [5, 5.41) is 4.87. The molecule has 0 aliphatic carbocycles. The quantitative estimate of drug-likeness (QED) is 0.560. The Morgan fingerprint density at radius 3 is 2.66 bits per heavy atom. The third-order valence-corrected chi connectivity index (χ3v) is 4.52. The minimum atomic E-state index is -0.685. The Kier molecular flexibility index (Phi) is 4.40. The molecule has 9 heteroatoms. The molecule has 0 atom stereocenters. The fourth-order valence-electron chi connectivity index (χ4n) is 3.17. The minimum Gasteiger partial charge on any atom is -0.384 e. The Hall–Kier alpha value is -4.27. The molecule has 3 aromatic rings. The van der Waals surface area contributed by atoms with Gasteiger partial charge in [-0.05, 0) is 23.8 Å². The molecule has 0 radical (unpaired) electrons. The van der Waals surface area contributed by atoms with Gasteiger partial charge < -0.3 is 11.1 Å². The molecule has 9 nitrogen and oxygen atoms in total. The van der Waals surface area contributed by atoms with Gasteiger partial charge in [-0.3, -0.25) is 34.0 Å². The molecule has 0 unspecified atom stereocenters. The van der Waals surface area contributed by atoms with Crippen molar-refractivity contribution in [3.63, 3.8) is 0 Å². The third-order valence-electron chi connectivity index (χ3n) is 4.52. The Bertz CT molecular complexity index is 1220. The molecular weight excluding hydrogens is 374 g/mol. The van der Waals surface area contributed by atoms with Gasteiger partial charge in [0.15, 0.2) is 0 Å². The lowest BCUT2D eigenvalue weighted by atomic mass is 10.1. The van der Waals surface area contributed by atoms with Crippen LogP contribution in [0.1, 0.15) is 36.6 Å². The lowest BCUT2D eigenvalue weighted by Gasteiger charge is -2.15. The van der Waals surface area contributed by atoms with Crippen molar-refractivity contribution >= 4 is 23.5 Å². The van der Waals surface area contributed by atoms with Crippen LogP contribution >= 0.6 is 0 Å². The first-order valence-electron chi connectivity index (χ1n) is 8.65. The number of nitrogens with one attached hydrogen (secondary N) is 2. The van der Waals surface area contributed by atoms with Gasteiger partial charge in [0.1, 0.15) is 5.82 Å². The number of carbonyl (C=O) groups is 3. The van der Waals surface area contributed by atoms with E-state index in [0.717, 1.165) is 16.2 Å². The van der Waals surface area contributed by atoms with Crippen LogP contribution in [0.15, 0.2) is 59.7 Å². The molecule has 0 saturated carbocycles. The number of carbonyl (C=O) groups excluding carboxylic acids is 3. The molecule has 1 aliphatic rings. The number of anilines is 1. The van der Waals surface area contributed by atoms with Crippen molar-refractivity contribution in [2.45, 2.75) is 6.54 Å². The summed E-state index contributed by atoms with van der Waals surface area (Å²) < 4.78 is 1.05. The topological polar surface area (TPSA) is 136 Å². The summed E-state index contributed by atoms with van der Waals surface area (Å²) in [5.74, 6) is -2.00. The van der Waals surface area contributed by atoms with E-state index in [0.29, 0.717) is 0 Å². The van der Waals surface area contributed by atoms with Gasteiger partial charge in [-0.15, -0.1) is 0 Å². The van der Waals surface area contributed by atoms with Gasteiger partial charge >= 0.3 is 0 Å². The van der Waals surface area contributed by atoms with E-state index >= 15 is 0 Å². The predicted octanol–water partition coefficient (Wildman–Crippen LogP) is 0.628. The molecule has 0 bridgehead atoms. The number of imide groups is 1. The Balaban J connectivity index is 1.75. The van der Waals surface area contributed by atoms with E-state index in [1.54, 1.807) is 30.6 Å². The first-order valence-corrected chi connectivity index (χ1v) is 8.65. The van der Waals surface area contributed by atoms with Gasteiger partial charge in [-0.25, -0.2) is 0 Å². The summed E-state index contributed by atoms with van der Waals surface area (Å²) in [5.41, 5.74) is 6.48. The highest BCUT2D eigenvalue weighted by Crippen LogP contribution is 2.24. The van der Waals surface area contributed by atoms with E-state index < -0.39 is 23.3 Å². The van der Waals surface area contributed by atoms with Gasteiger partial charge in [0.25, 0.3) is 23.3 Å². The minimum absolute atomic E-state index is 0.0766. The zero-order chi connectivity index (χ0) is 20.5. The number of nitrogens with zero attached hydrogens (tertiary/aromatic N) is 2. The highest BCUT2D eigenvalue weighted by Gasteiger charge is 2.32. The standard InChI is InChI=1S/C20H15N5O4/c21-17-16-13(19(28)24-20(16)29)8-15(26)25(17)14-6-2-1-5-12(14)18(27)23-10-11-4-3-7-22-9-11/h1-9H,10,21H2,(H,23,27)(H,24,28,29). The molecule has 1 aliphatic heterocycles. The number of hydrogen-bond acceptors (Lipinski definition) is 6. The Morgan fingerprint density at radius 1 is 1.10 bits per heavy atom. The summed E-state index contributed by atoms with van der Waals surface area (Å²) in [6.07, 6.45) is 3.26. The zero-order valence-corrected chi connectivity index (χ0v) is 15.0. The van der Waals surface area contributed by atoms with Gasteiger partial charge in [-0.1, -0.05) is 18.2 Å². The van der Waals surface area contributed by atoms with Crippen LogP contribution in [-0.2, 0) is 6.54 Å². The van der Waals surface area contributed by atoms with E-state index in [1.807, 2.05) is 6.07 Å². The van der Waals surface area contributed by atoms with Crippen LogP contribution < -0.4 is 21.9 Å². The highest BCUT2D eigenvalue weighted by molar-refractivity contribution is 6.23. The van der Waals surface area contributed by atoms with E-state index in [2.05, 4.69) is 15.6 Å². The molecule has 3 heterocycles. The molecular formula is C20H15N5O4. The second-order valence-corrected chi connectivity index (χ2v) is 6.34. The molecule has 144 valence electrons. The van der Waals surface area contributed by atoms with Crippen molar-refractivity contribution in [1.82, 2.24) is 20.2 Å². The number of aromatic nitrogens is 2. The van der Waals surface area contributed by atoms with Gasteiger partial charge in [0, 0.05) is 25.0 Å². The zero-order valence-electron chi connectivity index (χ0n) is 15.0. The fraction of sp³-hybridized carbons (Fsp3) is 0.0500. The molecule has 1 aromatic carbocycles. The maximum atomic E-state index is 12.8. The van der Waals surface area contributed by atoms with Crippen LogP contribution in [0, 0.1) is 0 Å². The van der Waals surface area contributed by atoms with Crippen LogP contribution in [0.25, 0.3) is 5.69 Å². The average molecular weight is 389 g/mol. The van der Waals surface area contributed by atoms with Gasteiger partial charge in [0.05, 0.1) is 22.4 Å². The number of pyridine rings is 2. The van der Waals surface area contributed by atoms with Crippen molar-refractivity contribution in [3.8, 4) is 5.69 Å². The summed E-state index contributed by atoms with van der Waals surface area (Å²) in [6.45, 7) is 0.243. The largest absolute Gasteiger partial charge is 0.384 e. The third kappa shape index (κ3) is 3.14. The van der Waals surface area contributed by atoms with E-state index in [-0.39, 0.29) is 34.7 Å². The molecule has 4 N–H and O–H groups in total. The SMILES string of the molecule is Nc1c2c(cc(=O)n1-c1ccccc1C(=O)NCc1cccnc1)C(=O)NC2=O. The maximum Gasteiger partial charge on any atom is 0.262 e. The van der Waals surface area contributed by atoms with E-state index in [4.69, 9.17) is 5.73 Å². The number of nitrogens with two attached hydrogens (primary N) is 1. The molecule has 3 amide bonds. The van der Waals surface area contributed by atoms with Crippen LogP contribution in [0.5, 0.6) is 0 Å². The van der Waals surface area contributed by atoms with Gasteiger partial charge in [0.2, 0.25) is 0 Å². The molecule has 0 spiro atoms. The molecule has 0 fully saturated rings. The second kappa shape index (κ2) is 7.04. The fourth-order valence-corrected chi connectivity index (χ4v) is 3.17. The predicted molar refractivity (Wildman–Crippen MR) is 104 cm³/mol. The maximum absolute atomic E-state index is 12.8. The van der Waals surface area contributed by atoms with Crippen LogP contribution in [0.3, 0.4) is 0 Å². The molecule has 4 rings (SSSR count). The summed E-state index contributed by atoms with van der Waals surface area (Å²) in [6, 6.07) is 11.0. The van der Waals surface area contributed by atoms with Crippen molar-refractivity contribution in [3.05, 3.63) is 87.5 Å². The number of para-hydroxylation sites is 1. The van der Waals surface area contributed by atoms with Crippen molar-refractivity contribution in [2.24, 2.45) is 0 Å². The number of benzene rings is 1. The lowest BCUT2D eigenvalue weighted by molar-refractivity contribution is 0.0878. The summed E-state index contributed by atoms with van der Waals surface area (Å²) >= 11 is 0.